The standard InChI is InChI=1S/C8H14O3S/c1-11-7-5-12-3-2-6(7)4-8(9)10/h6-7H,2-5H2,1H3,(H,9,10). The SMILES string of the molecule is COC1CSCCC1CC(=O)O. The highest BCUT2D eigenvalue weighted by atomic mass is 32.2. The van der Waals surface area contributed by atoms with Crippen LogP contribution in [0, 0.1) is 5.92 Å². The lowest BCUT2D eigenvalue weighted by Crippen LogP contribution is -2.31. The van der Waals surface area contributed by atoms with Gasteiger partial charge in [-0.3, -0.25) is 4.79 Å². The molecule has 4 heteroatoms. The molecular weight excluding hydrogens is 176 g/mol. The summed E-state index contributed by atoms with van der Waals surface area (Å²) in [6.07, 6.45) is 1.36. The molecule has 0 amide bonds. The lowest BCUT2D eigenvalue weighted by atomic mass is 9.96. The van der Waals surface area contributed by atoms with Crippen molar-refractivity contribution >= 4 is 17.7 Å². The first kappa shape index (κ1) is 9.86. The van der Waals surface area contributed by atoms with Gasteiger partial charge in [0.2, 0.25) is 0 Å². The zero-order valence-corrected chi connectivity index (χ0v) is 7.97. The minimum atomic E-state index is -0.714. The van der Waals surface area contributed by atoms with E-state index >= 15 is 0 Å². The maximum atomic E-state index is 10.5. The number of carbonyl (C=O) groups is 1. The van der Waals surface area contributed by atoms with E-state index in [1.54, 1.807) is 7.11 Å². The van der Waals surface area contributed by atoms with E-state index < -0.39 is 5.97 Å². The minimum absolute atomic E-state index is 0.139. The fraction of sp³-hybridized carbons (Fsp3) is 0.875. The molecule has 2 unspecified atom stereocenters. The topological polar surface area (TPSA) is 46.5 Å². The van der Waals surface area contributed by atoms with Crippen LogP contribution in [-0.4, -0.2) is 35.8 Å². The Morgan fingerprint density at radius 2 is 2.50 bits per heavy atom. The maximum Gasteiger partial charge on any atom is 0.303 e. The van der Waals surface area contributed by atoms with Gasteiger partial charge in [-0.25, -0.2) is 0 Å². The van der Waals surface area contributed by atoms with Gasteiger partial charge in [0.1, 0.15) is 0 Å². The summed E-state index contributed by atoms with van der Waals surface area (Å²) in [5.74, 6) is 1.51. The van der Waals surface area contributed by atoms with Gasteiger partial charge in [0.05, 0.1) is 12.5 Å². The summed E-state index contributed by atoms with van der Waals surface area (Å²) in [4.78, 5) is 10.5. The highest BCUT2D eigenvalue weighted by Gasteiger charge is 2.26. The minimum Gasteiger partial charge on any atom is -0.481 e. The molecule has 0 bridgehead atoms. The summed E-state index contributed by atoms with van der Waals surface area (Å²) >= 11 is 1.84. The smallest absolute Gasteiger partial charge is 0.303 e. The van der Waals surface area contributed by atoms with Crippen LogP contribution in [0.1, 0.15) is 12.8 Å². The van der Waals surface area contributed by atoms with Crippen LogP contribution in [0.2, 0.25) is 0 Å². The van der Waals surface area contributed by atoms with Gasteiger partial charge in [-0.15, -0.1) is 0 Å². The van der Waals surface area contributed by atoms with Crippen LogP contribution in [0.5, 0.6) is 0 Å². The van der Waals surface area contributed by atoms with Crippen molar-refractivity contribution in [3.8, 4) is 0 Å². The number of ether oxygens (including phenoxy) is 1. The normalized spacial score (nSPS) is 30.1. The molecule has 0 aromatic rings. The molecule has 1 aliphatic rings. The zero-order valence-electron chi connectivity index (χ0n) is 7.16. The predicted octanol–water partition coefficient (Wildman–Crippen LogP) is 1.23. The van der Waals surface area contributed by atoms with Crippen LogP contribution in [-0.2, 0) is 9.53 Å². The Hall–Kier alpha value is -0.220. The van der Waals surface area contributed by atoms with Crippen LogP contribution in [0.25, 0.3) is 0 Å². The Morgan fingerprint density at radius 3 is 3.08 bits per heavy atom. The summed E-state index contributed by atoms with van der Waals surface area (Å²) in [6, 6.07) is 0. The monoisotopic (exact) mass is 190 g/mol. The first-order chi connectivity index (χ1) is 5.74. The van der Waals surface area contributed by atoms with Gasteiger partial charge in [0.25, 0.3) is 0 Å². The lowest BCUT2D eigenvalue weighted by Gasteiger charge is -2.28. The molecule has 1 rings (SSSR count). The van der Waals surface area contributed by atoms with Crippen molar-refractivity contribution in [2.45, 2.75) is 18.9 Å². The Labute approximate surface area is 76.5 Å². The molecular formula is C8H14O3S. The van der Waals surface area contributed by atoms with Crippen molar-refractivity contribution in [1.82, 2.24) is 0 Å². The van der Waals surface area contributed by atoms with Gasteiger partial charge in [-0.05, 0) is 18.1 Å². The predicted molar refractivity (Wildman–Crippen MR) is 48.5 cm³/mol. The molecule has 0 spiro atoms. The number of carboxylic acid groups (broad SMARTS) is 1. The molecule has 12 heavy (non-hydrogen) atoms. The van der Waals surface area contributed by atoms with E-state index in [0.29, 0.717) is 0 Å². The lowest BCUT2D eigenvalue weighted by molar-refractivity contribution is -0.139. The molecule has 2 atom stereocenters. The average molecular weight is 190 g/mol. The molecule has 1 heterocycles. The van der Waals surface area contributed by atoms with Crippen molar-refractivity contribution in [3.63, 3.8) is 0 Å². The summed E-state index contributed by atoms with van der Waals surface area (Å²) < 4.78 is 5.22. The van der Waals surface area contributed by atoms with Crippen LogP contribution in [0.3, 0.4) is 0 Å². The number of hydrogen-bond acceptors (Lipinski definition) is 3. The van der Waals surface area contributed by atoms with Crippen molar-refractivity contribution in [2.24, 2.45) is 5.92 Å². The van der Waals surface area contributed by atoms with Crippen LogP contribution in [0.4, 0.5) is 0 Å². The van der Waals surface area contributed by atoms with Gasteiger partial charge >= 0.3 is 5.97 Å². The fourth-order valence-electron chi connectivity index (χ4n) is 1.47. The second kappa shape index (κ2) is 4.72. The number of methoxy groups -OCH3 is 1. The first-order valence-corrected chi connectivity index (χ1v) is 5.22. The number of rotatable bonds is 3. The van der Waals surface area contributed by atoms with E-state index in [2.05, 4.69) is 0 Å². The summed E-state index contributed by atoms with van der Waals surface area (Å²) in [6.45, 7) is 0. The van der Waals surface area contributed by atoms with Crippen molar-refractivity contribution in [3.05, 3.63) is 0 Å². The number of thioether (sulfide) groups is 1. The van der Waals surface area contributed by atoms with E-state index in [1.165, 1.54) is 0 Å². The molecule has 0 saturated carbocycles. The molecule has 1 saturated heterocycles. The van der Waals surface area contributed by atoms with Gasteiger partial charge in [0.15, 0.2) is 0 Å². The van der Waals surface area contributed by atoms with Crippen LogP contribution >= 0.6 is 11.8 Å². The second-order valence-electron chi connectivity index (χ2n) is 3.00. The largest absolute Gasteiger partial charge is 0.481 e. The molecule has 1 fully saturated rings. The Bertz CT molecular complexity index is 160. The molecule has 0 radical (unpaired) electrons. The molecule has 70 valence electrons. The Morgan fingerprint density at radius 1 is 1.75 bits per heavy atom. The van der Waals surface area contributed by atoms with Crippen molar-refractivity contribution in [1.29, 1.82) is 0 Å². The van der Waals surface area contributed by atoms with Gasteiger partial charge in [0, 0.05) is 12.9 Å². The van der Waals surface area contributed by atoms with Crippen LogP contribution < -0.4 is 0 Å². The highest BCUT2D eigenvalue weighted by Crippen LogP contribution is 2.27. The van der Waals surface area contributed by atoms with E-state index in [4.69, 9.17) is 9.84 Å². The quantitative estimate of drug-likeness (QED) is 0.727. The summed E-state index contributed by atoms with van der Waals surface area (Å²) in [5, 5.41) is 8.62. The molecule has 1 N–H and O–H groups in total. The molecule has 3 nitrogen and oxygen atoms in total. The van der Waals surface area contributed by atoms with Crippen molar-refractivity contribution in [2.75, 3.05) is 18.6 Å². The maximum absolute atomic E-state index is 10.5. The molecule has 0 aromatic carbocycles. The van der Waals surface area contributed by atoms with Gasteiger partial charge in [-0.1, -0.05) is 0 Å². The van der Waals surface area contributed by atoms with Gasteiger partial charge < -0.3 is 9.84 Å². The zero-order chi connectivity index (χ0) is 8.97. The van der Waals surface area contributed by atoms with E-state index in [0.717, 1.165) is 17.9 Å². The molecule has 0 aromatic heterocycles. The second-order valence-corrected chi connectivity index (χ2v) is 4.15. The van der Waals surface area contributed by atoms with Crippen molar-refractivity contribution < 1.29 is 14.6 Å². The van der Waals surface area contributed by atoms with Crippen LogP contribution in [0.15, 0.2) is 0 Å². The molecule has 1 aliphatic heterocycles. The summed E-state index contributed by atoms with van der Waals surface area (Å²) in [7, 11) is 1.66. The summed E-state index contributed by atoms with van der Waals surface area (Å²) in [5.41, 5.74) is 0. The Balaban J connectivity index is 2.41. The van der Waals surface area contributed by atoms with E-state index in [9.17, 15) is 4.79 Å². The van der Waals surface area contributed by atoms with E-state index in [1.807, 2.05) is 11.8 Å². The average Bonchev–Trinajstić information content (AvgIpc) is 2.04. The van der Waals surface area contributed by atoms with E-state index in [-0.39, 0.29) is 18.4 Å². The third-order valence-electron chi connectivity index (χ3n) is 2.18. The number of hydrogen-bond donors (Lipinski definition) is 1. The van der Waals surface area contributed by atoms with Gasteiger partial charge in [-0.2, -0.15) is 11.8 Å². The molecule has 0 aliphatic carbocycles. The highest BCUT2D eigenvalue weighted by molar-refractivity contribution is 7.99. The third kappa shape index (κ3) is 2.68. The third-order valence-corrected chi connectivity index (χ3v) is 3.27. The number of aliphatic carboxylic acids is 1. The fourth-order valence-corrected chi connectivity index (χ4v) is 2.75. The number of carboxylic acids is 1. The first-order valence-electron chi connectivity index (χ1n) is 4.06. The Kier molecular flexibility index (Phi) is 3.88.